The van der Waals surface area contributed by atoms with Crippen LogP contribution < -0.4 is 5.32 Å². The minimum atomic E-state index is -0.369. The number of carbonyl (C=O) groups excluding carboxylic acids is 2. The van der Waals surface area contributed by atoms with Crippen LogP contribution in [0.15, 0.2) is 59.8 Å². The number of carbonyl (C=O) groups is 2. The van der Waals surface area contributed by atoms with Crippen LogP contribution in [0.5, 0.6) is 0 Å². The Hall–Kier alpha value is -3.13. The van der Waals surface area contributed by atoms with Crippen molar-refractivity contribution < 1.29 is 9.59 Å². The van der Waals surface area contributed by atoms with E-state index in [2.05, 4.69) is 15.5 Å². The minimum Gasteiger partial charge on any atom is -0.335 e. The van der Waals surface area contributed by atoms with Gasteiger partial charge in [-0.15, -0.1) is 10.2 Å². The van der Waals surface area contributed by atoms with Crippen molar-refractivity contribution in [1.82, 2.24) is 19.7 Å². The topological polar surface area (TPSA) is 80.1 Å². The number of likely N-dealkylation sites (tertiary alicyclic amines) is 1. The lowest BCUT2D eigenvalue weighted by Gasteiger charge is -2.20. The molecule has 4 rings (SSSR count). The largest absolute Gasteiger partial charge is 0.335 e. The third-order valence-electron chi connectivity index (χ3n) is 6.03. The molecule has 1 fully saturated rings. The van der Waals surface area contributed by atoms with Gasteiger partial charge in [-0.1, -0.05) is 66.7 Å². The lowest BCUT2D eigenvalue weighted by Crippen LogP contribution is -2.31. The number of benzene rings is 2. The first kappa shape index (κ1) is 24.0. The third kappa shape index (κ3) is 5.67. The summed E-state index contributed by atoms with van der Waals surface area (Å²) in [5.74, 6) is 0.854. The van der Waals surface area contributed by atoms with E-state index in [0.29, 0.717) is 24.7 Å². The summed E-state index contributed by atoms with van der Waals surface area (Å²) in [6.07, 6.45) is 3.67. The maximum atomic E-state index is 13.1. The number of nitrogens with one attached hydrogen (secondary N) is 1. The van der Waals surface area contributed by atoms with Crippen LogP contribution in [0.25, 0.3) is 11.1 Å². The molecule has 7 nitrogen and oxygen atoms in total. The molecule has 0 aliphatic carbocycles. The Morgan fingerprint density at radius 1 is 1.06 bits per heavy atom. The van der Waals surface area contributed by atoms with Gasteiger partial charge in [-0.3, -0.25) is 9.59 Å². The Bertz CT molecular complexity index is 1130. The SMILES string of the molecule is CCn1c(CN2CCCCCC2=O)nnc1SC(C)C(=O)Nc1ccccc1-c1ccccc1. The molecular formula is C26H31N5O2S. The summed E-state index contributed by atoms with van der Waals surface area (Å²) < 4.78 is 2.00. The Kier molecular flexibility index (Phi) is 8.00. The van der Waals surface area contributed by atoms with Crippen LogP contribution in [0.4, 0.5) is 5.69 Å². The fraction of sp³-hybridized carbons (Fsp3) is 0.385. The standard InChI is InChI=1S/C26H31N5O2S/c1-3-31-23(18-30-17-11-5-8-16-24(30)32)28-29-26(31)34-19(2)25(33)27-22-15-10-9-14-21(22)20-12-6-4-7-13-20/h4,6-7,9-10,12-15,19H,3,5,8,11,16-18H2,1-2H3,(H,27,33). The molecular weight excluding hydrogens is 446 g/mol. The van der Waals surface area contributed by atoms with Gasteiger partial charge in [-0.2, -0.15) is 0 Å². The van der Waals surface area contributed by atoms with Crippen LogP contribution >= 0.6 is 11.8 Å². The van der Waals surface area contributed by atoms with Crippen LogP contribution in [0.2, 0.25) is 0 Å². The van der Waals surface area contributed by atoms with E-state index in [4.69, 9.17) is 0 Å². The highest BCUT2D eigenvalue weighted by atomic mass is 32.2. The van der Waals surface area contributed by atoms with Crippen LogP contribution in [0.3, 0.4) is 0 Å². The van der Waals surface area contributed by atoms with Gasteiger partial charge in [-0.05, 0) is 38.3 Å². The number of amides is 2. The number of para-hydroxylation sites is 1. The van der Waals surface area contributed by atoms with Crippen molar-refractivity contribution in [2.75, 3.05) is 11.9 Å². The highest BCUT2D eigenvalue weighted by molar-refractivity contribution is 8.00. The summed E-state index contributed by atoms with van der Waals surface area (Å²) in [5, 5.41) is 12.1. The summed E-state index contributed by atoms with van der Waals surface area (Å²) in [5.41, 5.74) is 2.82. The summed E-state index contributed by atoms with van der Waals surface area (Å²) in [6.45, 7) is 5.81. The van der Waals surface area contributed by atoms with Crippen LogP contribution in [-0.2, 0) is 22.7 Å². The number of hydrogen-bond donors (Lipinski definition) is 1. The zero-order valence-corrected chi connectivity index (χ0v) is 20.6. The van der Waals surface area contributed by atoms with E-state index in [-0.39, 0.29) is 17.1 Å². The van der Waals surface area contributed by atoms with E-state index in [9.17, 15) is 9.59 Å². The highest BCUT2D eigenvalue weighted by Gasteiger charge is 2.23. The van der Waals surface area contributed by atoms with E-state index in [1.807, 2.05) is 77.9 Å². The normalized spacial score (nSPS) is 15.1. The van der Waals surface area contributed by atoms with Gasteiger partial charge < -0.3 is 14.8 Å². The highest BCUT2D eigenvalue weighted by Crippen LogP contribution is 2.29. The molecule has 34 heavy (non-hydrogen) atoms. The Labute approximate surface area is 205 Å². The van der Waals surface area contributed by atoms with Crippen molar-refractivity contribution >= 4 is 29.3 Å². The molecule has 1 saturated heterocycles. The lowest BCUT2D eigenvalue weighted by atomic mass is 10.0. The van der Waals surface area contributed by atoms with E-state index in [1.54, 1.807) is 0 Å². The molecule has 0 bridgehead atoms. The van der Waals surface area contributed by atoms with E-state index < -0.39 is 0 Å². The number of hydrogen-bond acceptors (Lipinski definition) is 5. The van der Waals surface area contributed by atoms with E-state index >= 15 is 0 Å². The van der Waals surface area contributed by atoms with Crippen LogP contribution in [-0.4, -0.2) is 43.3 Å². The molecule has 1 N–H and O–H groups in total. The number of rotatable bonds is 8. The van der Waals surface area contributed by atoms with Crippen molar-refractivity contribution in [2.24, 2.45) is 0 Å². The van der Waals surface area contributed by atoms with Crippen molar-refractivity contribution in [1.29, 1.82) is 0 Å². The predicted molar refractivity (Wildman–Crippen MR) is 135 cm³/mol. The average molecular weight is 478 g/mol. The zero-order valence-electron chi connectivity index (χ0n) is 19.7. The minimum absolute atomic E-state index is 0.0942. The van der Waals surface area contributed by atoms with E-state index in [1.165, 1.54) is 11.8 Å². The van der Waals surface area contributed by atoms with Crippen molar-refractivity contribution in [3.63, 3.8) is 0 Å². The predicted octanol–water partition coefficient (Wildman–Crippen LogP) is 4.99. The van der Waals surface area contributed by atoms with Gasteiger partial charge in [0.25, 0.3) is 0 Å². The molecule has 2 heterocycles. The fourth-order valence-electron chi connectivity index (χ4n) is 4.12. The molecule has 3 aromatic rings. The second kappa shape index (κ2) is 11.3. The maximum Gasteiger partial charge on any atom is 0.237 e. The Morgan fingerprint density at radius 2 is 1.82 bits per heavy atom. The molecule has 0 saturated carbocycles. The van der Waals surface area contributed by atoms with E-state index in [0.717, 1.165) is 48.4 Å². The summed E-state index contributed by atoms with van der Waals surface area (Å²) in [6, 6.07) is 17.8. The Balaban J connectivity index is 1.45. The van der Waals surface area contributed by atoms with Gasteiger partial charge in [0.05, 0.1) is 11.8 Å². The zero-order chi connectivity index (χ0) is 23.9. The van der Waals surface area contributed by atoms with Crippen LogP contribution in [0, 0.1) is 0 Å². The van der Waals surface area contributed by atoms with Gasteiger partial charge in [0, 0.05) is 30.8 Å². The van der Waals surface area contributed by atoms with Crippen molar-refractivity contribution in [2.45, 2.75) is 63.0 Å². The molecule has 8 heteroatoms. The first-order chi connectivity index (χ1) is 16.6. The second-order valence-electron chi connectivity index (χ2n) is 8.43. The molecule has 1 aliphatic rings. The molecule has 2 aromatic carbocycles. The van der Waals surface area contributed by atoms with Crippen molar-refractivity contribution in [3.05, 3.63) is 60.4 Å². The van der Waals surface area contributed by atoms with Gasteiger partial charge in [0.15, 0.2) is 11.0 Å². The number of anilines is 1. The quantitative estimate of drug-likeness (QED) is 0.463. The molecule has 2 amide bonds. The maximum absolute atomic E-state index is 13.1. The first-order valence-electron chi connectivity index (χ1n) is 11.9. The monoisotopic (exact) mass is 477 g/mol. The summed E-state index contributed by atoms with van der Waals surface area (Å²) in [4.78, 5) is 27.4. The fourth-order valence-corrected chi connectivity index (χ4v) is 5.06. The van der Waals surface area contributed by atoms with Gasteiger partial charge >= 0.3 is 0 Å². The summed E-state index contributed by atoms with van der Waals surface area (Å²) >= 11 is 1.39. The molecule has 0 spiro atoms. The first-order valence-corrected chi connectivity index (χ1v) is 12.8. The number of aromatic nitrogens is 3. The number of thioether (sulfide) groups is 1. The molecule has 1 atom stereocenters. The third-order valence-corrected chi connectivity index (χ3v) is 7.11. The number of nitrogens with zero attached hydrogens (tertiary/aromatic N) is 4. The smallest absolute Gasteiger partial charge is 0.237 e. The van der Waals surface area contributed by atoms with Crippen molar-refractivity contribution in [3.8, 4) is 11.1 Å². The molecule has 0 radical (unpaired) electrons. The Morgan fingerprint density at radius 3 is 2.62 bits per heavy atom. The molecule has 1 aromatic heterocycles. The molecule has 178 valence electrons. The second-order valence-corrected chi connectivity index (χ2v) is 9.74. The van der Waals surface area contributed by atoms with Gasteiger partial charge in [0.2, 0.25) is 11.8 Å². The summed E-state index contributed by atoms with van der Waals surface area (Å²) in [7, 11) is 0. The van der Waals surface area contributed by atoms with Crippen LogP contribution in [0.1, 0.15) is 45.4 Å². The van der Waals surface area contributed by atoms with Gasteiger partial charge in [0.1, 0.15) is 0 Å². The van der Waals surface area contributed by atoms with Gasteiger partial charge in [-0.25, -0.2) is 0 Å². The average Bonchev–Trinajstić information content (AvgIpc) is 3.12. The lowest BCUT2D eigenvalue weighted by molar-refractivity contribution is -0.131. The molecule has 1 unspecified atom stereocenters. The molecule has 1 aliphatic heterocycles.